The van der Waals surface area contributed by atoms with Crippen molar-refractivity contribution in [2.24, 2.45) is 11.3 Å². The van der Waals surface area contributed by atoms with Gasteiger partial charge in [0, 0.05) is 18.7 Å². The maximum atomic E-state index is 12.8. The second kappa shape index (κ2) is 7.49. The molecule has 1 aromatic carbocycles. The first-order valence-corrected chi connectivity index (χ1v) is 8.60. The largest absolute Gasteiger partial charge is 0.351 e. The summed E-state index contributed by atoms with van der Waals surface area (Å²) in [5.74, 6) is 1.28. The molecule has 2 heterocycles. The average molecular weight is 363 g/mol. The quantitative estimate of drug-likeness (QED) is 0.769. The minimum atomic E-state index is -0.192. The van der Waals surface area contributed by atoms with Crippen molar-refractivity contribution in [2.45, 2.75) is 32.2 Å². The third-order valence-corrected chi connectivity index (χ3v) is 5.50. The van der Waals surface area contributed by atoms with E-state index >= 15 is 0 Å². The van der Waals surface area contributed by atoms with Crippen molar-refractivity contribution in [2.75, 3.05) is 13.1 Å². The zero-order valence-corrected chi connectivity index (χ0v) is 14.8. The van der Waals surface area contributed by atoms with E-state index in [4.69, 9.17) is 0 Å². The summed E-state index contributed by atoms with van der Waals surface area (Å²) < 4.78 is 0. The molecule has 1 amide bonds. The van der Waals surface area contributed by atoms with Crippen LogP contribution >= 0.6 is 12.4 Å². The van der Waals surface area contributed by atoms with Crippen LogP contribution in [0.1, 0.15) is 31.2 Å². The standard InChI is InChI=1S/C17H22N6O.ClH/c24-16(17-8-2-1-3-14(17)10-18-11-17)19-9-12-4-6-13(7-5-12)15-20-22-23-21-15;/h4-7,14,18H,1-3,8-11H2,(H,19,24)(H,20,21,22,23);1H/t14-,17+;/m0./s1. The number of hydrogen-bond acceptors (Lipinski definition) is 5. The third kappa shape index (κ3) is 3.39. The van der Waals surface area contributed by atoms with Crippen LogP contribution in [0, 0.1) is 11.3 Å². The van der Waals surface area contributed by atoms with Crippen LogP contribution in [0.25, 0.3) is 11.4 Å². The fraction of sp³-hybridized carbons (Fsp3) is 0.529. The molecule has 1 aliphatic heterocycles. The number of hydrogen-bond donors (Lipinski definition) is 3. The van der Waals surface area contributed by atoms with Crippen LogP contribution in [0.5, 0.6) is 0 Å². The average Bonchev–Trinajstić information content (AvgIpc) is 3.30. The molecule has 2 aromatic rings. The Hall–Kier alpha value is -1.99. The van der Waals surface area contributed by atoms with E-state index in [2.05, 4.69) is 31.3 Å². The Bertz CT molecular complexity index is 704. The lowest BCUT2D eigenvalue weighted by atomic mass is 9.67. The van der Waals surface area contributed by atoms with Crippen molar-refractivity contribution in [1.82, 2.24) is 31.3 Å². The molecule has 8 heteroatoms. The number of rotatable bonds is 4. The van der Waals surface area contributed by atoms with Gasteiger partial charge in [-0.05, 0) is 36.1 Å². The van der Waals surface area contributed by atoms with Gasteiger partial charge in [0.05, 0.1) is 5.41 Å². The van der Waals surface area contributed by atoms with Crippen LogP contribution < -0.4 is 10.6 Å². The second-order valence-corrected chi connectivity index (χ2v) is 6.84. The first-order valence-electron chi connectivity index (χ1n) is 8.60. The van der Waals surface area contributed by atoms with Gasteiger partial charge >= 0.3 is 0 Å². The first kappa shape index (κ1) is 17.8. The van der Waals surface area contributed by atoms with Gasteiger partial charge in [-0.15, -0.1) is 22.6 Å². The van der Waals surface area contributed by atoms with E-state index in [-0.39, 0.29) is 23.7 Å². The lowest BCUT2D eigenvalue weighted by Crippen LogP contribution is -2.47. The molecular weight excluding hydrogens is 340 g/mol. The number of halogens is 1. The van der Waals surface area contributed by atoms with Crippen molar-refractivity contribution in [3.8, 4) is 11.4 Å². The van der Waals surface area contributed by atoms with Crippen LogP contribution in [-0.2, 0) is 11.3 Å². The molecule has 1 saturated heterocycles. The number of nitrogens with zero attached hydrogens (tertiary/aromatic N) is 3. The molecule has 2 fully saturated rings. The minimum absolute atomic E-state index is 0. The van der Waals surface area contributed by atoms with Gasteiger partial charge in [-0.1, -0.05) is 37.1 Å². The van der Waals surface area contributed by atoms with Gasteiger partial charge in [0.1, 0.15) is 0 Å². The van der Waals surface area contributed by atoms with Crippen LogP contribution in [0.15, 0.2) is 24.3 Å². The first-order chi connectivity index (χ1) is 11.8. The zero-order chi connectivity index (χ0) is 16.4. The molecule has 2 atom stereocenters. The third-order valence-electron chi connectivity index (χ3n) is 5.50. The van der Waals surface area contributed by atoms with Gasteiger partial charge in [0.15, 0.2) is 0 Å². The number of benzene rings is 1. The summed E-state index contributed by atoms with van der Waals surface area (Å²) in [6, 6.07) is 7.89. The topological polar surface area (TPSA) is 95.6 Å². The van der Waals surface area contributed by atoms with Crippen LogP contribution in [-0.4, -0.2) is 39.6 Å². The smallest absolute Gasteiger partial charge is 0.228 e. The molecule has 134 valence electrons. The summed E-state index contributed by atoms with van der Waals surface area (Å²) in [4.78, 5) is 12.8. The van der Waals surface area contributed by atoms with Gasteiger partial charge in [0.2, 0.25) is 11.7 Å². The molecule has 1 aromatic heterocycles. The van der Waals surface area contributed by atoms with E-state index in [0.29, 0.717) is 18.3 Å². The molecular formula is C17H23ClN6O. The molecule has 1 aliphatic carbocycles. The van der Waals surface area contributed by atoms with Crippen molar-refractivity contribution in [1.29, 1.82) is 0 Å². The van der Waals surface area contributed by atoms with Gasteiger partial charge < -0.3 is 10.6 Å². The summed E-state index contributed by atoms with van der Waals surface area (Å²) in [7, 11) is 0. The van der Waals surface area contributed by atoms with E-state index in [0.717, 1.165) is 37.1 Å². The number of H-pyrrole nitrogens is 1. The summed E-state index contributed by atoms with van der Waals surface area (Å²) in [6.45, 7) is 2.35. The van der Waals surface area contributed by atoms with Gasteiger partial charge in [-0.25, -0.2) is 0 Å². The Labute approximate surface area is 152 Å². The maximum Gasteiger partial charge on any atom is 0.228 e. The minimum Gasteiger partial charge on any atom is -0.351 e. The normalized spacial score (nSPS) is 25.0. The predicted octanol–water partition coefficient (Wildman–Crippen LogP) is 1.68. The van der Waals surface area contributed by atoms with Crippen LogP contribution in [0.3, 0.4) is 0 Å². The van der Waals surface area contributed by atoms with Crippen LogP contribution in [0.4, 0.5) is 0 Å². The molecule has 0 bridgehead atoms. The molecule has 0 spiro atoms. The molecule has 2 aliphatic rings. The van der Waals surface area contributed by atoms with Gasteiger partial charge in [-0.2, -0.15) is 5.21 Å². The van der Waals surface area contributed by atoms with Crippen LogP contribution in [0.2, 0.25) is 0 Å². The number of carbonyl (C=O) groups is 1. The summed E-state index contributed by atoms with van der Waals surface area (Å²) >= 11 is 0. The summed E-state index contributed by atoms with van der Waals surface area (Å²) in [5, 5.41) is 20.5. The van der Waals surface area contributed by atoms with Gasteiger partial charge in [-0.3, -0.25) is 4.79 Å². The van der Waals surface area contributed by atoms with Crippen molar-refractivity contribution in [3.05, 3.63) is 29.8 Å². The number of amides is 1. The second-order valence-electron chi connectivity index (χ2n) is 6.84. The molecule has 1 saturated carbocycles. The summed E-state index contributed by atoms with van der Waals surface area (Å²) in [5.41, 5.74) is 1.79. The van der Waals surface area contributed by atoms with Crippen molar-refractivity contribution >= 4 is 18.3 Å². The predicted molar refractivity (Wildman–Crippen MR) is 96.0 cm³/mol. The molecule has 0 radical (unpaired) electrons. The summed E-state index contributed by atoms with van der Waals surface area (Å²) in [6.07, 6.45) is 4.58. The fourth-order valence-corrected chi connectivity index (χ4v) is 4.10. The fourth-order valence-electron chi connectivity index (χ4n) is 4.10. The Kier molecular flexibility index (Phi) is 5.34. The highest BCUT2D eigenvalue weighted by Crippen LogP contribution is 2.43. The molecule has 4 rings (SSSR count). The molecule has 7 nitrogen and oxygen atoms in total. The number of nitrogens with one attached hydrogen (secondary N) is 3. The highest BCUT2D eigenvalue weighted by molar-refractivity contribution is 5.85. The van der Waals surface area contributed by atoms with Gasteiger partial charge in [0.25, 0.3) is 0 Å². The lowest BCUT2D eigenvalue weighted by molar-refractivity contribution is -0.134. The Morgan fingerprint density at radius 2 is 2.12 bits per heavy atom. The van der Waals surface area contributed by atoms with Crippen molar-refractivity contribution < 1.29 is 4.79 Å². The molecule has 25 heavy (non-hydrogen) atoms. The number of carbonyl (C=O) groups excluding carboxylic acids is 1. The molecule has 3 N–H and O–H groups in total. The van der Waals surface area contributed by atoms with E-state index in [1.807, 2.05) is 24.3 Å². The maximum absolute atomic E-state index is 12.8. The highest BCUT2D eigenvalue weighted by atomic mass is 35.5. The van der Waals surface area contributed by atoms with E-state index < -0.39 is 0 Å². The number of tetrazole rings is 1. The highest BCUT2D eigenvalue weighted by Gasteiger charge is 2.49. The zero-order valence-electron chi connectivity index (χ0n) is 14.0. The Morgan fingerprint density at radius 1 is 1.28 bits per heavy atom. The SMILES string of the molecule is Cl.O=C(NCc1ccc(-c2nn[nH]n2)cc1)[C@@]12CCCC[C@H]1CNC2. The number of aromatic amines is 1. The van der Waals surface area contributed by atoms with E-state index in [1.165, 1.54) is 12.8 Å². The van der Waals surface area contributed by atoms with E-state index in [1.54, 1.807) is 0 Å². The van der Waals surface area contributed by atoms with Crippen molar-refractivity contribution in [3.63, 3.8) is 0 Å². The number of fused-ring (bicyclic) bond motifs is 1. The lowest BCUT2D eigenvalue weighted by Gasteiger charge is -2.37. The monoisotopic (exact) mass is 362 g/mol. The van der Waals surface area contributed by atoms with E-state index in [9.17, 15) is 4.79 Å². The Balaban J connectivity index is 0.00000182. The number of aromatic nitrogens is 4. The molecule has 0 unspecified atom stereocenters. The Morgan fingerprint density at radius 3 is 2.88 bits per heavy atom.